The third-order valence-electron chi connectivity index (χ3n) is 1.72. The number of nitro groups is 1. The number of alkyl halides is 3. The molecule has 0 spiro atoms. The lowest BCUT2D eigenvalue weighted by Gasteiger charge is -2.11. The average molecular weight is 252 g/mol. The van der Waals surface area contributed by atoms with Crippen LogP contribution in [-0.4, -0.2) is 16.3 Å². The van der Waals surface area contributed by atoms with Crippen LogP contribution in [0, 0.1) is 10.1 Å². The molecule has 0 radical (unpaired) electrons. The Morgan fingerprint density at radius 2 is 2.12 bits per heavy atom. The van der Waals surface area contributed by atoms with E-state index < -0.39 is 28.7 Å². The van der Waals surface area contributed by atoms with Crippen molar-refractivity contribution in [3.8, 4) is 5.75 Å². The average Bonchev–Trinajstić information content (AvgIpc) is 2.14. The van der Waals surface area contributed by atoms with E-state index in [2.05, 4.69) is 9.72 Å². The molecule has 0 aromatic carbocycles. The third-order valence-corrected chi connectivity index (χ3v) is 1.72. The van der Waals surface area contributed by atoms with Gasteiger partial charge in [-0.1, -0.05) is 0 Å². The van der Waals surface area contributed by atoms with E-state index in [1.54, 1.807) is 0 Å². The van der Waals surface area contributed by atoms with Crippen LogP contribution in [0.5, 0.6) is 5.75 Å². The molecule has 0 bridgehead atoms. The summed E-state index contributed by atoms with van der Waals surface area (Å²) in [4.78, 5) is 12.7. The number of anilines is 1. The molecule has 1 heterocycles. The van der Waals surface area contributed by atoms with Crippen molar-refractivity contribution in [1.29, 1.82) is 0 Å². The van der Waals surface area contributed by atoms with Gasteiger partial charge in [-0.05, 0) is 9.91 Å². The van der Waals surface area contributed by atoms with Crippen molar-refractivity contribution in [2.24, 2.45) is 5.73 Å². The minimum Gasteiger partial charge on any atom is -0.405 e. The molecule has 0 unspecified atom stereocenters. The van der Waals surface area contributed by atoms with Crippen molar-refractivity contribution in [2.45, 2.75) is 12.9 Å². The zero-order chi connectivity index (χ0) is 13.2. The number of halogens is 3. The van der Waals surface area contributed by atoms with Gasteiger partial charge in [0.15, 0.2) is 0 Å². The second-order valence-corrected chi connectivity index (χ2v) is 2.85. The zero-order valence-corrected chi connectivity index (χ0v) is 8.19. The maximum atomic E-state index is 12.0. The number of nitrogen functional groups attached to an aromatic ring is 1. The van der Waals surface area contributed by atoms with Gasteiger partial charge in [0.25, 0.3) is 0 Å². The summed E-state index contributed by atoms with van der Waals surface area (Å²) in [6.45, 7) is -0.387. The summed E-state index contributed by atoms with van der Waals surface area (Å²) in [6, 6.07) is 0.520. The summed E-state index contributed by atoms with van der Waals surface area (Å²) in [5.41, 5.74) is 10.2. The molecule has 0 aliphatic carbocycles. The van der Waals surface area contributed by atoms with Gasteiger partial charge in [0.2, 0.25) is 5.82 Å². The van der Waals surface area contributed by atoms with Crippen LogP contribution >= 0.6 is 0 Å². The number of nitrogens with two attached hydrogens (primary N) is 2. The van der Waals surface area contributed by atoms with Crippen molar-refractivity contribution in [3.63, 3.8) is 0 Å². The summed E-state index contributed by atoms with van der Waals surface area (Å²) >= 11 is 0. The molecule has 17 heavy (non-hydrogen) atoms. The van der Waals surface area contributed by atoms with Crippen LogP contribution in [0.25, 0.3) is 0 Å². The van der Waals surface area contributed by atoms with Gasteiger partial charge in [0.1, 0.15) is 5.75 Å². The van der Waals surface area contributed by atoms with E-state index in [1.165, 1.54) is 0 Å². The zero-order valence-electron chi connectivity index (χ0n) is 8.19. The molecule has 1 aromatic heterocycles. The summed E-state index contributed by atoms with van der Waals surface area (Å²) < 4.78 is 39.7. The molecule has 0 aliphatic rings. The Balaban J connectivity index is 3.29. The molecule has 4 N–H and O–H groups in total. The largest absolute Gasteiger partial charge is 0.573 e. The first kappa shape index (κ1) is 13.0. The van der Waals surface area contributed by atoms with Gasteiger partial charge in [-0.25, -0.2) is 0 Å². The molecule has 0 atom stereocenters. The first-order valence-electron chi connectivity index (χ1n) is 4.14. The molecular formula is C7H7F3N4O3. The molecule has 94 valence electrons. The van der Waals surface area contributed by atoms with Crippen LogP contribution in [0.3, 0.4) is 0 Å². The van der Waals surface area contributed by atoms with Crippen LogP contribution in [0.4, 0.5) is 24.8 Å². The quantitative estimate of drug-likeness (QED) is 0.610. The van der Waals surface area contributed by atoms with E-state index in [4.69, 9.17) is 11.5 Å². The van der Waals surface area contributed by atoms with Crippen LogP contribution in [0.2, 0.25) is 0 Å². The molecule has 0 amide bonds. The first-order chi connectivity index (χ1) is 7.74. The normalized spacial score (nSPS) is 11.3. The first-order valence-corrected chi connectivity index (χ1v) is 4.14. The highest BCUT2D eigenvalue weighted by atomic mass is 19.4. The minimum atomic E-state index is -4.99. The number of rotatable bonds is 3. The summed E-state index contributed by atoms with van der Waals surface area (Å²) in [7, 11) is 0. The highest BCUT2D eigenvalue weighted by molar-refractivity contribution is 5.53. The van der Waals surface area contributed by atoms with Crippen LogP contribution in [0.15, 0.2) is 6.07 Å². The summed E-state index contributed by atoms with van der Waals surface area (Å²) in [6.07, 6.45) is -4.99. The molecule has 7 nitrogen and oxygen atoms in total. The number of hydrogen-bond donors (Lipinski definition) is 2. The van der Waals surface area contributed by atoms with Crippen molar-refractivity contribution >= 4 is 11.6 Å². The second kappa shape index (κ2) is 4.41. The molecule has 0 aliphatic heterocycles. The van der Waals surface area contributed by atoms with Gasteiger partial charge in [-0.2, -0.15) is 0 Å². The van der Waals surface area contributed by atoms with Crippen molar-refractivity contribution in [1.82, 2.24) is 4.98 Å². The van der Waals surface area contributed by atoms with E-state index in [1.807, 2.05) is 0 Å². The highest BCUT2D eigenvalue weighted by Gasteiger charge is 2.34. The van der Waals surface area contributed by atoms with E-state index >= 15 is 0 Å². The number of nitrogens with zero attached hydrogens (tertiary/aromatic N) is 2. The Labute approximate surface area is 92.3 Å². The lowest BCUT2D eigenvalue weighted by molar-refractivity contribution is -0.389. The summed E-state index contributed by atoms with van der Waals surface area (Å²) in [5.74, 6) is -2.14. The fourth-order valence-electron chi connectivity index (χ4n) is 1.07. The van der Waals surface area contributed by atoms with E-state index in [0.29, 0.717) is 6.07 Å². The van der Waals surface area contributed by atoms with Gasteiger partial charge in [-0.15, -0.1) is 13.2 Å². The molecule has 1 rings (SSSR count). The number of hydrogen-bond acceptors (Lipinski definition) is 6. The van der Waals surface area contributed by atoms with E-state index in [-0.39, 0.29) is 12.1 Å². The number of ether oxygens (including phenoxy) is 1. The Morgan fingerprint density at radius 3 is 2.53 bits per heavy atom. The molecule has 1 aromatic rings. The van der Waals surface area contributed by atoms with E-state index in [9.17, 15) is 23.3 Å². The monoisotopic (exact) mass is 252 g/mol. The Morgan fingerprint density at radius 1 is 1.53 bits per heavy atom. The molecule has 0 saturated carbocycles. The predicted molar refractivity (Wildman–Crippen MR) is 49.9 cm³/mol. The number of aromatic nitrogens is 1. The van der Waals surface area contributed by atoms with Crippen LogP contribution in [0.1, 0.15) is 5.56 Å². The maximum Gasteiger partial charge on any atom is 0.573 e. The number of pyridine rings is 1. The van der Waals surface area contributed by atoms with Crippen molar-refractivity contribution in [2.75, 3.05) is 5.73 Å². The lowest BCUT2D eigenvalue weighted by Crippen LogP contribution is -2.20. The lowest BCUT2D eigenvalue weighted by atomic mass is 10.2. The van der Waals surface area contributed by atoms with Crippen molar-refractivity contribution in [3.05, 3.63) is 21.7 Å². The minimum absolute atomic E-state index is 0.243. The third kappa shape index (κ3) is 3.17. The van der Waals surface area contributed by atoms with Crippen molar-refractivity contribution < 1.29 is 22.8 Å². The van der Waals surface area contributed by atoms with Gasteiger partial charge in [-0.3, -0.25) is 0 Å². The molecular weight excluding hydrogens is 245 g/mol. The fraction of sp³-hybridized carbons (Fsp3) is 0.286. The fourth-order valence-corrected chi connectivity index (χ4v) is 1.07. The smallest absolute Gasteiger partial charge is 0.405 e. The topological polar surface area (TPSA) is 117 Å². The Kier molecular flexibility index (Phi) is 3.36. The highest BCUT2D eigenvalue weighted by Crippen LogP contribution is 2.31. The van der Waals surface area contributed by atoms with Crippen LogP contribution in [-0.2, 0) is 6.54 Å². The molecule has 10 heteroatoms. The van der Waals surface area contributed by atoms with Gasteiger partial charge in [0, 0.05) is 6.54 Å². The molecule has 0 saturated heterocycles. The Bertz CT molecular complexity index is 449. The second-order valence-electron chi connectivity index (χ2n) is 2.85. The van der Waals surface area contributed by atoms with Gasteiger partial charge in [0.05, 0.1) is 11.6 Å². The molecule has 0 fully saturated rings. The Hall–Kier alpha value is -2.10. The van der Waals surface area contributed by atoms with E-state index in [0.717, 1.165) is 0 Å². The van der Waals surface area contributed by atoms with Gasteiger partial charge >= 0.3 is 12.2 Å². The maximum absolute atomic E-state index is 12.0. The van der Waals surface area contributed by atoms with Gasteiger partial charge < -0.3 is 26.3 Å². The van der Waals surface area contributed by atoms with Crippen LogP contribution < -0.4 is 16.2 Å². The standard InChI is InChI=1S/C7H7F3N4O3/c8-7(9,10)17-4-1-5(14(15)16)13-6(12)3(4)2-11/h1H,2,11H2,(H2,12,13). The summed E-state index contributed by atoms with van der Waals surface area (Å²) in [5, 5.41) is 10.4. The predicted octanol–water partition coefficient (Wildman–Crippen LogP) is 0.929. The SMILES string of the molecule is NCc1c(OC(F)(F)F)cc([N+](=O)[O-])nc1N.